The molecule has 196 valence electrons. The van der Waals surface area contributed by atoms with Crippen LogP contribution in [-0.2, 0) is 23.7 Å². The summed E-state index contributed by atoms with van der Waals surface area (Å²) in [5.41, 5.74) is 0. The first kappa shape index (κ1) is 30.4. The lowest BCUT2D eigenvalue weighted by molar-refractivity contribution is -0.218. The second-order valence-electron chi connectivity index (χ2n) is 8.32. The number of carbonyl (C=O) groups is 1. The molecule has 0 amide bonds. The number of para-hydroxylation sites is 1. The SMILES string of the molecule is CCCCCCCCCCCC(OCCOCCOCCOCC)(Oc1ccccc1)C(=O)O. The largest absolute Gasteiger partial charge is 0.476 e. The van der Waals surface area contributed by atoms with Gasteiger partial charge >= 0.3 is 11.8 Å². The Balaban J connectivity index is 2.43. The monoisotopic (exact) mass is 482 g/mol. The standard InChI is InChI=1S/C27H46O7/c1-3-5-6-7-8-9-10-11-15-18-27(26(28)29,34-25-16-13-12-14-17-25)33-24-23-32-22-21-31-20-19-30-4-2/h12-14,16-17H,3-11,15,18-24H2,1-2H3,(H,28,29). The molecule has 0 bridgehead atoms. The van der Waals surface area contributed by atoms with Crippen molar-refractivity contribution in [3.8, 4) is 5.75 Å². The minimum Gasteiger partial charge on any atom is -0.476 e. The molecule has 1 aromatic carbocycles. The summed E-state index contributed by atoms with van der Waals surface area (Å²) < 4.78 is 27.9. The molecule has 0 saturated heterocycles. The van der Waals surface area contributed by atoms with Crippen molar-refractivity contribution in [2.45, 2.75) is 83.8 Å². The van der Waals surface area contributed by atoms with Gasteiger partial charge in [-0.1, -0.05) is 76.5 Å². The van der Waals surface area contributed by atoms with E-state index in [4.69, 9.17) is 23.7 Å². The molecule has 1 N–H and O–H groups in total. The fourth-order valence-corrected chi connectivity index (χ4v) is 3.56. The third-order valence-electron chi connectivity index (χ3n) is 5.47. The summed E-state index contributed by atoms with van der Waals surface area (Å²) >= 11 is 0. The molecule has 0 aromatic heterocycles. The molecule has 0 aliphatic carbocycles. The minimum absolute atomic E-state index is 0.121. The molecule has 1 aromatic rings. The molecule has 0 radical (unpaired) electrons. The molecular formula is C27H46O7. The summed E-state index contributed by atoms with van der Waals surface area (Å²) in [5.74, 6) is -2.36. The topological polar surface area (TPSA) is 83.5 Å². The Morgan fingerprint density at radius 2 is 1.26 bits per heavy atom. The van der Waals surface area contributed by atoms with Crippen LogP contribution in [0.4, 0.5) is 0 Å². The maximum Gasteiger partial charge on any atom is 0.377 e. The van der Waals surface area contributed by atoms with Crippen LogP contribution >= 0.6 is 0 Å². The fraction of sp³-hybridized carbons (Fsp3) is 0.741. The number of carboxylic acids is 1. The van der Waals surface area contributed by atoms with E-state index in [-0.39, 0.29) is 19.6 Å². The summed E-state index contributed by atoms with van der Waals surface area (Å²) in [6.45, 7) is 7.18. The lowest BCUT2D eigenvalue weighted by Crippen LogP contribution is -2.48. The van der Waals surface area contributed by atoms with Crippen molar-refractivity contribution in [2.24, 2.45) is 0 Å². The van der Waals surface area contributed by atoms with Gasteiger partial charge < -0.3 is 28.8 Å². The van der Waals surface area contributed by atoms with Gasteiger partial charge in [0.1, 0.15) is 5.75 Å². The first-order chi connectivity index (χ1) is 16.6. The third kappa shape index (κ3) is 14.6. The van der Waals surface area contributed by atoms with Crippen LogP contribution in [0.3, 0.4) is 0 Å². The van der Waals surface area contributed by atoms with Crippen molar-refractivity contribution in [1.29, 1.82) is 0 Å². The molecular weight excluding hydrogens is 436 g/mol. The molecule has 1 atom stereocenters. The highest BCUT2D eigenvalue weighted by molar-refractivity contribution is 5.76. The van der Waals surface area contributed by atoms with Crippen LogP contribution < -0.4 is 4.74 Å². The summed E-state index contributed by atoms with van der Waals surface area (Å²) in [7, 11) is 0. The van der Waals surface area contributed by atoms with Gasteiger partial charge in [0.15, 0.2) is 0 Å². The van der Waals surface area contributed by atoms with Crippen LogP contribution in [0.15, 0.2) is 30.3 Å². The first-order valence-electron chi connectivity index (χ1n) is 13.0. The van der Waals surface area contributed by atoms with E-state index >= 15 is 0 Å². The molecule has 0 heterocycles. The second-order valence-corrected chi connectivity index (χ2v) is 8.32. The predicted octanol–water partition coefficient (Wildman–Crippen LogP) is 5.85. The van der Waals surface area contributed by atoms with Crippen LogP contribution in [0.5, 0.6) is 5.75 Å². The van der Waals surface area contributed by atoms with Crippen LogP contribution in [0.2, 0.25) is 0 Å². The minimum atomic E-state index is -1.72. The number of carboxylic acid groups (broad SMARTS) is 1. The van der Waals surface area contributed by atoms with Crippen LogP contribution in [0.25, 0.3) is 0 Å². The van der Waals surface area contributed by atoms with Crippen molar-refractivity contribution >= 4 is 5.97 Å². The zero-order valence-electron chi connectivity index (χ0n) is 21.3. The number of ether oxygens (including phenoxy) is 5. The fourth-order valence-electron chi connectivity index (χ4n) is 3.56. The Bertz CT molecular complexity index is 596. The maximum atomic E-state index is 12.3. The highest BCUT2D eigenvalue weighted by Gasteiger charge is 2.42. The quantitative estimate of drug-likeness (QED) is 0.146. The van der Waals surface area contributed by atoms with E-state index in [0.29, 0.717) is 38.8 Å². The molecule has 34 heavy (non-hydrogen) atoms. The van der Waals surface area contributed by atoms with Crippen molar-refractivity contribution < 1.29 is 33.6 Å². The molecule has 7 heteroatoms. The zero-order chi connectivity index (χ0) is 24.7. The van der Waals surface area contributed by atoms with E-state index < -0.39 is 11.8 Å². The van der Waals surface area contributed by atoms with E-state index in [1.165, 1.54) is 38.5 Å². The molecule has 0 fully saturated rings. The van der Waals surface area contributed by atoms with E-state index in [2.05, 4.69) is 6.92 Å². The van der Waals surface area contributed by atoms with E-state index in [1.807, 2.05) is 25.1 Å². The average molecular weight is 483 g/mol. The van der Waals surface area contributed by atoms with Crippen LogP contribution in [0, 0.1) is 0 Å². The summed E-state index contributed by atoms with van der Waals surface area (Å²) in [6, 6.07) is 8.98. The number of hydrogen-bond donors (Lipinski definition) is 1. The van der Waals surface area contributed by atoms with Crippen LogP contribution in [-0.4, -0.2) is 63.1 Å². The normalized spacial score (nSPS) is 13.0. The number of hydrogen-bond acceptors (Lipinski definition) is 6. The number of unbranched alkanes of at least 4 members (excludes halogenated alkanes) is 8. The molecule has 0 aliphatic heterocycles. The van der Waals surface area contributed by atoms with Gasteiger partial charge in [0.2, 0.25) is 0 Å². The van der Waals surface area contributed by atoms with Gasteiger partial charge in [0.05, 0.1) is 39.6 Å². The van der Waals surface area contributed by atoms with Gasteiger partial charge in [-0.15, -0.1) is 0 Å². The van der Waals surface area contributed by atoms with E-state index in [0.717, 1.165) is 19.3 Å². The van der Waals surface area contributed by atoms with E-state index in [9.17, 15) is 9.90 Å². The van der Waals surface area contributed by atoms with Crippen molar-refractivity contribution in [3.05, 3.63) is 30.3 Å². The third-order valence-corrected chi connectivity index (χ3v) is 5.47. The van der Waals surface area contributed by atoms with Gasteiger partial charge in [0, 0.05) is 13.0 Å². The Morgan fingerprint density at radius 1 is 0.735 bits per heavy atom. The van der Waals surface area contributed by atoms with Gasteiger partial charge in [-0.3, -0.25) is 0 Å². The molecule has 0 aliphatic rings. The van der Waals surface area contributed by atoms with Gasteiger partial charge in [-0.05, 0) is 25.5 Å². The Kier molecular flexibility index (Phi) is 18.5. The molecule has 1 unspecified atom stereocenters. The highest BCUT2D eigenvalue weighted by atomic mass is 16.7. The smallest absolute Gasteiger partial charge is 0.377 e. The van der Waals surface area contributed by atoms with Gasteiger partial charge in [-0.2, -0.15) is 0 Å². The summed E-state index contributed by atoms with van der Waals surface area (Å²) in [4.78, 5) is 12.3. The van der Waals surface area contributed by atoms with Crippen LogP contribution in [0.1, 0.15) is 78.1 Å². The van der Waals surface area contributed by atoms with Crippen molar-refractivity contribution in [3.63, 3.8) is 0 Å². The second kappa shape index (κ2) is 20.7. The lowest BCUT2D eigenvalue weighted by Gasteiger charge is -2.30. The van der Waals surface area contributed by atoms with Crippen molar-refractivity contribution in [2.75, 3.05) is 46.2 Å². The molecule has 0 spiro atoms. The maximum absolute atomic E-state index is 12.3. The summed E-state index contributed by atoms with van der Waals surface area (Å²) in [5, 5.41) is 10.0. The number of rotatable bonds is 24. The Labute approximate surface area is 206 Å². The first-order valence-corrected chi connectivity index (χ1v) is 13.0. The molecule has 0 saturated carbocycles. The Morgan fingerprint density at radius 3 is 1.82 bits per heavy atom. The number of aliphatic carboxylic acids is 1. The van der Waals surface area contributed by atoms with Gasteiger partial charge in [0.25, 0.3) is 0 Å². The number of benzene rings is 1. The highest BCUT2D eigenvalue weighted by Crippen LogP contribution is 2.26. The van der Waals surface area contributed by atoms with Gasteiger partial charge in [-0.25, -0.2) is 4.79 Å². The predicted molar refractivity (Wildman–Crippen MR) is 133 cm³/mol. The zero-order valence-corrected chi connectivity index (χ0v) is 21.3. The Hall–Kier alpha value is -1.67. The van der Waals surface area contributed by atoms with Crippen molar-refractivity contribution in [1.82, 2.24) is 0 Å². The van der Waals surface area contributed by atoms with E-state index in [1.54, 1.807) is 12.1 Å². The summed E-state index contributed by atoms with van der Waals surface area (Å²) in [6.07, 6.45) is 10.6. The molecule has 7 nitrogen and oxygen atoms in total. The molecule has 1 rings (SSSR count). The average Bonchev–Trinajstić information content (AvgIpc) is 2.84. The lowest BCUT2D eigenvalue weighted by atomic mass is 10.0.